The summed E-state index contributed by atoms with van der Waals surface area (Å²) in [5, 5.41) is 0. The fourth-order valence-corrected chi connectivity index (χ4v) is 3.66. The molecule has 4 nitrogen and oxygen atoms in total. The van der Waals surface area contributed by atoms with Crippen molar-refractivity contribution in [1.29, 1.82) is 0 Å². The molecule has 4 atom stereocenters. The highest BCUT2D eigenvalue weighted by Crippen LogP contribution is 2.60. The molecule has 0 aromatic carbocycles. The molecule has 17 heavy (non-hydrogen) atoms. The normalized spacial score (nSPS) is 39.4. The van der Waals surface area contributed by atoms with Crippen LogP contribution in [0.5, 0.6) is 0 Å². The zero-order valence-electron chi connectivity index (χ0n) is 10.2. The van der Waals surface area contributed by atoms with Crippen LogP contribution in [0, 0.1) is 23.2 Å². The monoisotopic (exact) mass is 238 g/mol. The Bertz CT molecular complexity index is 339. The van der Waals surface area contributed by atoms with Crippen LogP contribution in [0.3, 0.4) is 0 Å². The average molecular weight is 238 g/mol. The van der Waals surface area contributed by atoms with Crippen LogP contribution in [-0.4, -0.2) is 24.6 Å². The molecule has 4 heteroatoms. The van der Waals surface area contributed by atoms with Gasteiger partial charge in [-0.05, 0) is 36.5 Å². The molecule has 94 valence electrons. The molecule has 0 saturated heterocycles. The molecule has 0 aromatic heterocycles. The van der Waals surface area contributed by atoms with E-state index in [1.807, 2.05) is 0 Å². The summed E-state index contributed by atoms with van der Waals surface area (Å²) in [6, 6.07) is 0. The van der Waals surface area contributed by atoms with Crippen LogP contribution in [0.25, 0.3) is 0 Å². The minimum absolute atomic E-state index is 0.00249. The molecule has 0 aromatic rings. The Labute approximate surface area is 101 Å². The van der Waals surface area contributed by atoms with Gasteiger partial charge in [-0.3, -0.25) is 14.4 Å². The third-order valence-electron chi connectivity index (χ3n) is 4.51. The molecular weight excluding hydrogens is 220 g/mol. The molecule has 2 rings (SSSR count). The van der Waals surface area contributed by atoms with Crippen LogP contribution < -0.4 is 0 Å². The summed E-state index contributed by atoms with van der Waals surface area (Å²) in [5.74, 6) is 0.720. The molecule has 2 fully saturated rings. The fraction of sp³-hybridized carbons (Fsp3) is 0.769. The van der Waals surface area contributed by atoms with E-state index < -0.39 is 6.10 Å². The van der Waals surface area contributed by atoms with E-state index in [0.29, 0.717) is 24.4 Å². The first kappa shape index (κ1) is 12.3. The summed E-state index contributed by atoms with van der Waals surface area (Å²) in [6.07, 6.45) is 2.42. The van der Waals surface area contributed by atoms with Crippen molar-refractivity contribution in [3.05, 3.63) is 0 Å². The summed E-state index contributed by atoms with van der Waals surface area (Å²) >= 11 is 0. The van der Waals surface area contributed by atoms with Gasteiger partial charge in [-0.25, -0.2) is 0 Å². The lowest BCUT2D eigenvalue weighted by Gasteiger charge is -2.32. The molecule has 0 spiro atoms. The number of esters is 1. The number of aldehydes is 2. The van der Waals surface area contributed by atoms with Crippen molar-refractivity contribution in [2.75, 3.05) is 0 Å². The van der Waals surface area contributed by atoms with Gasteiger partial charge in [0.1, 0.15) is 0 Å². The summed E-state index contributed by atoms with van der Waals surface area (Å²) in [5.41, 5.74) is -0.00249. The van der Waals surface area contributed by atoms with Crippen LogP contribution in [-0.2, 0) is 19.1 Å². The van der Waals surface area contributed by atoms with Crippen molar-refractivity contribution in [1.82, 2.24) is 0 Å². The molecule has 2 aliphatic rings. The van der Waals surface area contributed by atoms with Gasteiger partial charge in [-0.2, -0.15) is 0 Å². The van der Waals surface area contributed by atoms with Gasteiger partial charge in [-0.15, -0.1) is 0 Å². The van der Waals surface area contributed by atoms with E-state index in [1.54, 1.807) is 0 Å². The number of ether oxygens (including phenoxy) is 1. The van der Waals surface area contributed by atoms with Crippen LogP contribution in [0.2, 0.25) is 0 Å². The molecule has 2 aliphatic carbocycles. The fourth-order valence-electron chi connectivity index (χ4n) is 3.66. The summed E-state index contributed by atoms with van der Waals surface area (Å²) in [6.45, 7) is 4.33. The zero-order valence-corrected chi connectivity index (χ0v) is 10.2. The predicted molar refractivity (Wildman–Crippen MR) is 60.1 cm³/mol. The van der Waals surface area contributed by atoms with Crippen molar-refractivity contribution in [3.63, 3.8) is 0 Å². The zero-order chi connectivity index (χ0) is 12.6. The van der Waals surface area contributed by atoms with Crippen molar-refractivity contribution in [2.45, 2.75) is 39.2 Å². The number of hydrogen-bond acceptors (Lipinski definition) is 4. The van der Waals surface area contributed by atoms with Gasteiger partial charge < -0.3 is 4.74 Å². The van der Waals surface area contributed by atoms with Crippen molar-refractivity contribution in [3.8, 4) is 0 Å². The highest BCUT2D eigenvalue weighted by atomic mass is 16.5. The van der Waals surface area contributed by atoms with E-state index in [9.17, 15) is 14.4 Å². The van der Waals surface area contributed by atoms with E-state index in [0.717, 1.165) is 19.3 Å². The number of carbonyl (C=O) groups is 3. The Morgan fingerprint density at radius 1 is 1.35 bits per heavy atom. The maximum absolute atomic E-state index is 11.9. The Hall–Kier alpha value is -1.19. The van der Waals surface area contributed by atoms with Crippen LogP contribution in [0.1, 0.15) is 33.1 Å². The van der Waals surface area contributed by atoms with Gasteiger partial charge in [0.15, 0.2) is 12.6 Å². The number of carbonyl (C=O) groups excluding carboxylic acids is 3. The molecule has 2 saturated carbocycles. The van der Waals surface area contributed by atoms with Gasteiger partial charge in [0, 0.05) is 0 Å². The first-order chi connectivity index (χ1) is 8.00. The van der Waals surface area contributed by atoms with Gasteiger partial charge in [0.2, 0.25) is 6.10 Å². The topological polar surface area (TPSA) is 60.4 Å². The largest absolute Gasteiger partial charge is 0.447 e. The average Bonchev–Trinajstić information content (AvgIpc) is 2.76. The molecule has 2 bridgehead atoms. The van der Waals surface area contributed by atoms with Gasteiger partial charge >= 0.3 is 5.97 Å². The molecule has 0 N–H and O–H groups in total. The molecule has 0 radical (unpaired) electrons. The highest BCUT2D eigenvalue weighted by molar-refractivity contribution is 5.85. The third kappa shape index (κ3) is 2.01. The first-order valence-corrected chi connectivity index (χ1v) is 6.11. The van der Waals surface area contributed by atoms with Gasteiger partial charge in [0.25, 0.3) is 0 Å². The smallest absolute Gasteiger partial charge is 0.310 e. The number of hydrogen-bond donors (Lipinski definition) is 0. The Kier molecular flexibility index (Phi) is 3.06. The van der Waals surface area contributed by atoms with E-state index >= 15 is 0 Å². The van der Waals surface area contributed by atoms with E-state index in [-0.39, 0.29) is 17.3 Å². The SMILES string of the molecule is CC1CC2(C)CC1CC2C(=O)OC(C=O)C=O. The highest BCUT2D eigenvalue weighted by Gasteiger charge is 2.55. The lowest BCUT2D eigenvalue weighted by molar-refractivity contribution is -0.161. The Morgan fingerprint density at radius 3 is 2.41 bits per heavy atom. The Balaban J connectivity index is 2.03. The molecule has 0 aliphatic heterocycles. The second kappa shape index (κ2) is 4.24. The lowest BCUT2D eigenvalue weighted by Crippen LogP contribution is -2.35. The summed E-state index contributed by atoms with van der Waals surface area (Å²) < 4.78 is 4.91. The van der Waals surface area contributed by atoms with Crippen molar-refractivity contribution < 1.29 is 19.1 Å². The maximum Gasteiger partial charge on any atom is 0.310 e. The second-order valence-corrected chi connectivity index (χ2v) is 5.76. The van der Waals surface area contributed by atoms with Gasteiger partial charge in [0.05, 0.1) is 5.92 Å². The minimum atomic E-state index is -1.23. The van der Waals surface area contributed by atoms with Crippen LogP contribution in [0.4, 0.5) is 0 Å². The quantitative estimate of drug-likeness (QED) is 0.421. The lowest BCUT2D eigenvalue weighted by atomic mass is 9.74. The molecular formula is C13H18O4. The van der Waals surface area contributed by atoms with E-state index in [4.69, 9.17) is 4.74 Å². The van der Waals surface area contributed by atoms with Gasteiger partial charge in [-0.1, -0.05) is 13.8 Å². The van der Waals surface area contributed by atoms with E-state index in [1.165, 1.54) is 0 Å². The Morgan fingerprint density at radius 2 is 2.00 bits per heavy atom. The second-order valence-electron chi connectivity index (χ2n) is 5.76. The molecule has 0 heterocycles. The maximum atomic E-state index is 11.9. The van der Waals surface area contributed by atoms with Crippen molar-refractivity contribution in [2.24, 2.45) is 23.2 Å². The number of fused-ring (bicyclic) bond motifs is 2. The molecule has 0 amide bonds. The summed E-state index contributed by atoms with van der Waals surface area (Å²) in [7, 11) is 0. The molecule has 4 unspecified atom stereocenters. The van der Waals surface area contributed by atoms with Crippen molar-refractivity contribution >= 4 is 18.5 Å². The predicted octanol–water partition coefficient (Wildman–Crippen LogP) is 1.37. The summed E-state index contributed by atoms with van der Waals surface area (Å²) in [4.78, 5) is 32.9. The van der Waals surface area contributed by atoms with Crippen LogP contribution >= 0.6 is 0 Å². The number of rotatable bonds is 4. The van der Waals surface area contributed by atoms with E-state index in [2.05, 4.69) is 13.8 Å². The standard InChI is InChI=1S/C13H18O4/c1-8-4-13(2)5-9(8)3-11(13)12(16)17-10(6-14)7-15/h6-11H,3-5H2,1-2H3. The first-order valence-electron chi connectivity index (χ1n) is 6.11. The third-order valence-corrected chi connectivity index (χ3v) is 4.51. The minimum Gasteiger partial charge on any atom is -0.447 e. The van der Waals surface area contributed by atoms with Crippen LogP contribution in [0.15, 0.2) is 0 Å².